The van der Waals surface area contributed by atoms with Gasteiger partial charge in [0.1, 0.15) is 5.75 Å². The van der Waals surface area contributed by atoms with Crippen molar-refractivity contribution in [2.75, 3.05) is 0 Å². The number of rotatable bonds is 2. The molecule has 0 saturated carbocycles. The summed E-state index contributed by atoms with van der Waals surface area (Å²) >= 11 is 0. The maximum absolute atomic E-state index is 12.0. The van der Waals surface area contributed by atoms with Crippen molar-refractivity contribution in [3.63, 3.8) is 0 Å². The predicted octanol–water partition coefficient (Wildman–Crippen LogP) is 1.78. The van der Waals surface area contributed by atoms with Gasteiger partial charge in [-0.1, -0.05) is 18.2 Å². The Bertz CT molecular complexity index is 732. The Balaban J connectivity index is 1.60. The number of ether oxygens (including phenoxy) is 4. The van der Waals surface area contributed by atoms with Crippen molar-refractivity contribution in [1.82, 2.24) is 0 Å². The van der Waals surface area contributed by atoms with E-state index in [2.05, 4.69) is 0 Å². The van der Waals surface area contributed by atoms with Gasteiger partial charge in [0.15, 0.2) is 0 Å². The molecule has 1 aromatic rings. The highest BCUT2D eigenvalue weighted by molar-refractivity contribution is 5.93. The first-order valence-corrected chi connectivity index (χ1v) is 6.85. The van der Waals surface area contributed by atoms with Gasteiger partial charge >= 0.3 is 11.9 Å². The molecule has 3 atom stereocenters. The van der Waals surface area contributed by atoms with Gasteiger partial charge in [0.05, 0.1) is 17.8 Å². The lowest BCUT2D eigenvalue weighted by atomic mass is 9.94. The Morgan fingerprint density at radius 2 is 1.91 bits per heavy atom. The highest BCUT2D eigenvalue weighted by atomic mass is 16.7. The van der Waals surface area contributed by atoms with Crippen LogP contribution >= 0.6 is 0 Å². The molecule has 3 aliphatic heterocycles. The Morgan fingerprint density at radius 1 is 1.09 bits per heavy atom. The standard InChI is InChI=1S/C16H12O6/c1-8-6-12(21-14(8)17)19-7-10-13-9-4-2-3-5-11(9)20-16(13)22-15(10)18/h2-7,12-13,16H,1H3/b10-7+. The van der Waals surface area contributed by atoms with Crippen molar-refractivity contribution in [3.05, 3.63) is 53.3 Å². The van der Waals surface area contributed by atoms with Crippen molar-refractivity contribution in [2.24, 2.45) is 0 Å². The SMILES string of the molecule is CC1=CC(O/C=C2/C(=O)OC3Oc4ccccc4C23)OC1=O. The van der Waals surface area contributed by atoms with E-state index in [9.17, 15) is 9.59 Å². The minimum atomic E-state index is -0.815. The van der Waals surface area contributed by atoms with Gasteiger partial charge in [0, 0.05) is 17.2 Å². The molecule has 0 aromatic heterocycles. The van der Waals surface area contributed by atoms with Crippen LogP contribution < -0.4 is 4.74 Å². The molecule has 6 heteroatoms. The topological polar surface area (TPSA) is 71.1 Å². The van der Waals surface area contributed by atoms with Crippen molar-refractivity contribution in [3.8, 4) is 5.75 Å². The zero-order chi connectivity index (χ0) is 15.3. The van der Waals surface area contributed by atoms with Gasteiger partial charge in [-0.25, -0.2) is 9.59 Å². The highest BCUT2D eigenvalue weighted by Gasteiger charge is 2.48. The number of hydrogen-bond acceptors (Lipinski definition) is 6. The number of carbonyl (C=O) groups excluding carboxylic acids is 2. The molecule has 0 aliphatic carbocycles. The van der Waals surface area contributed by atoms with Crippen LogP contribution in [0, 0.1) is 0 Å². The van der Waals surface area contributed by atoms with Crippen LogP contribution in [-0.2, 0) is 23.8 Å². The summed E-state index contributed by atoms with van der Waals surface area (Å²) in [6, 6.07) is 7.43. The maximum atomic E-state index is 12.0. The molecule has 0 radical (unpaired) electrons. The third-order valence-electron chi connectivity index (χ3n) is 3.82. The van der Waals surface area contributed by atoms with Gasteiger partial charge in [0.2, 0.25) is 0 Å². The van der Waals surface area contributed by atoms with Crippen molar-refractivity contribution < 1.29 is 28.5 Å². The summed E-state index contributed by atoms with van der Waals surface area (Å²) in [6.07, 6.45) is 1.37. The lowest BCUT2D eigenvalue weighted by Gasteiger charge is -2.09. The van der Waals surface area contributed by atoms with E-state index in [-0.39, 0.29) is 5.92 Å². The van der Waals surface area contributed by atoms with E-state index in [1.165, 1.54) is 6.26 Å². The molecule has 1 fully saturated rings. The van der Waals surface area contributed by atoms with E-state index in [0.717, 1.165) is 5.56 Å². The Kier molecular flexibility index (Phi) is 2.72. The molecule has 0 bridgehead atoms. The first-order valence-electron chi connectivity index (χ1n) is 6.85. The molecule has 0 N–H and O–H groups in total. The number of carbonyl (C=O) groups is 2. The predicted molar refractivity (Wildman–Crippen MR) is 72.5 cm³/mol. The van der Waals surface area contributed by atoms with Crippen LogP contribution in [0.3, 0.4) is 0 Å². The second-order valence-electron chi connectivity index (χ2n) is 5.24. The molecular formula is C16H12O6. The number of benzene rings is 1. The number of cyclic esters (lactones) is 1. The van der Waals surface area contributed by atoms with Crippen LogP contribution in [0.1, 0.15) is 18.4 Å². The van der Waals surface area contributed by atoms with E-state index >= 15 is 0 Å². The van der Waals surface area contributed by atoms with Gasteiger partial charge in [-0.05, 0) is 13.0 Å². The average molecular weight is 300 g/mol. The molecule has 3 unspecified atom stereocenters. The fourth-order valence-electron chi connectivity index (χ4n) is 2.72. The number of para-hydroxylation sites is 1. The summed E-state index contributed by atoms with van der Waals surface area (Å²) in [7, 11) is 0. The quantitative estimate of drug-likeness (QED) is 0.471. The Morgan fingerprint density at radius 3 is 2.68 bits per heavy atom. The molecule has 22 heavy (non-hydrogen) atoms. The smallest absolute Gasteiger partial charge is 0.341 e. The van der Waals surface area contributed by atoms with Crippen LogP contribution in [-0.4, -0.2) is 24.5 Å². The summed E-state index contributed by atoms with van der Waals surface area (Å²) in [6.45, 7) is 1.64. The lowest BCUT2D eigenvalue weighted by Crippen LogP contribution is -2.15. The molecule has 1 saturated heterocycles. The molecule has 3 heterocycles. The molecule has 6 nitrogen and oxygen atoms in total. The summed E-state index contributed by atoms with van der Waals surface area (Å²) in [5.74, 6) is -0.552. The summed E-state index contributed by atoms with van der Waals surface area (Å²) in [5, 5.41) is 0. The lowest BCUT2D eigenvalue weighted by molar-refractivity contribution is -0.152. The van der Waals surface area contributed by atoms with Gasteiger partial charge in [0.25, 0.3) is 12.6 Å². The fraction of sp³-hybridized carbons (Fsp3) is 0.250. The van der Waals surface area contributed by atoms with Crippen LogP contribution in [0.5, 0.6) is 5.75 Å². The third-order valence-corrected chi connectivity index (χ3v) is 3.82. The zero-order valence-electron chi connectivity index (χ0n) is 11.6. The van der Waals surface area contributed by atoms with E-state index in [0.29, 0.717) is 16.9 Å². The number of fused-ring (bicyclic) bond motifs is 3. The Hall–Kier alpha value is -2.76. The summed E-state index contributed by atoms with van der Waals surface area (Å²) in [5.41, 5.74) is 1.71. The first kappa shape index (κ1) is 12.9. The van der Waals surface area contributed by atoms with Crippen LogP contribution in [0.4, 0.5) is 0 Å². The van der Waals surface area contributed by atoms with Crippen LogP contribution in [0.15, 0.2) is 47.7 Å². The van der Waals surface area contributed by atoms with Gasteiger partial charge in [-0.2, -0.15) is 0 Å². The molecule has 3 aliphatic rings. The highest BCUT2D eigenvalue weighted by Crippen LogP contribution is 2.47. The monoisotopic (exact) mass is 300 g/mol. The van der Waals surface area contributed by atoms with E-state index in [1.807, 2.05) is 24.3 Å². The van der Waals surface area contributed by atoms with Crippen molar-refractivity contribution in [1.29, 1.82) is 0 Å². The van der Waals surface area contributed by atoms with E-state index in [4.69, 9.17) is 18.9 Å². The van der Waals surface area contributed by atoms with Crippen molar-refractivity contribution in [2.45, 2.75) is 25.4 Å². The number of hydrogen-bond donors (Lipinski definition) is 0. The fourth-order valence-corrected chi connectivity index (χ4v) is 2.72. The average Bonchev–Trinajstić information content (AvgIpc) is 3.09. The molecule has 112 valence electrons. The number of esters is 2. The molecule has 4 rings (SSSR count). The van der Waals surface area contributed by atoms with Gasteiger partial charge < -0.3 is 18.9 Å². The van der Waals surface area contributed by atoms with Gasteiger partial charge in [-0.3, -0.25) is 0 Å². The Labute approximate surface area is 125 Å². The summed E-state index contributed by atoms with van der Waals surface area (Å²) in [4.78, 5) is 23.2. The van der Waals surface area contributed by atoms with Crippen LogP contribution in [0.25, 0.3) is 0 Å². The second-order valence-corrected chi connectivity index (χ2v) is 5.24. The third kappa shape index (κ3) is 1.88. The summed E-state index contributed by atoms with van der Waals surface area (Å²) < 4.78 is 21.2. The molecule has 1 aromatic carbocycles. The van der Waals surface area contributed by atoms with Crippen LogP contribution in [0.2, 0.25) is 0 Å². The minimum Gasteiger partial charge on any atom is -0.458 e. The maximum Gasteiger partial charge on any atom is 0.341 e. The van der Waals surface area contributed by atoms with Crippen molar-refractivity contribution >= 4 is 11.9 Å². The first-order chi connectivity index (χ1) is 10.6. The normalized spacial score (nSPS) is 30.3. The van der Waals surface area contributed by atoms with E-state index < -0.39 is 24.5 Å². The molecule has 0 amide bonds. The van der Waals surface area contributed by atoms with Gasteiger partial charge in [-0.15, -0.1) is 0 Å². The minimum absolute atomic E-state index is 0.328. The second kappa shape index (κ2) is 4.62. The molecular weight excluding hydrogens is 288 g/mol. The zero-order valence-corrected chi connectivity index (χ0v) is 11.6. The molecule has 0 spiro atoms. The van der Waals surface area contributed by atoms with E-state index in [1.54, 1.807) is 13.0 Å². The largest absolute Gasteiger partial charge is 0.458 e.